The van der Waals surface area contributed by atoms with Crippen LogP contribution in [0.5, 0.6) is 5.75 Å². The molecule has 3 heterocycles. The van der Waals surface area contributed by atoms with E-state index in [1.807, 2.05) is 25.1 Å². The third kappa shape index (κ3) is 5.13. The molecular weight excluding hydrogens is 418 g/mol. The van der Waals surface area contributed by atoms with Crippen molar-refractivity contribution in [1.29, 1.82) is 0 Å². The van der Waals surface area contributed by atoms with Crippen molar-refractivity contribution >= 4 is 44.4 Å². The van der Waals surface area contributed by atoms with Crippen LogP contribution in [0.4, 0.5) is 5.13 Å². The minimum atomic E-state index is -0.289. The number of rotatable bonds is 8. The smallest absolute Gasteiger partial charge is 0.240 e. The van der Waals surface area contributed by atoms with Crippen LogP contribution in [0.25, 0.3) is 10.2 Å². The highest BCUT2D eigenvalue weighted by atomic mass is 32.1. The SMILES string of the molecule is CCOc1ccc2nc(N3CCN(CCNC(=O)CN4C(=O)CCC4=O)CC3)sc2c1. The second kappa shape index (κ2) is 9.61. The Hall–Kier alpha value is -2.72. The summed E-state index contributed by atoms with van der Waals surface area (Å²) in [7, 11) is 0. The number of hydrogen-bond donors (Lipinski definition) is 1. The van der Waals surface area contributed by atoms with Gasteiger partial charge in [0.25, 0.3) is 0 Å². The van der Waals surface area contributed by atoms with E-state index >= 15 is 0 Å². The maximum absolute atomic E-state index is 12.0. The number of hydrogen-bond acceptors (Lipinski definition) is 8. The van der Waals surface area contributed by atoms with Crippen LogP contribution in [0.3, 0.4) is 0 Å². The molecule has 0 atom stereocenters. The van der Waals surface area contributed by atoms with Gasteiger partial charge >= 0.3 is 0 Å². The number of imide groups is 1. The monoisotopic (exact) mass is 445 g/mol. The molecule has 0 unspecified atom stereocenters. The van der Waals surface area contributed by atoms with Crippen LogP contribution in [-0.4, -0.2) is 84.9 Å². The van der Waals surface area contributed by atoms with Crippen molar-refractivity contribution in [3.8, 4) is 5.75 Å². The molecule has 1 N–H and O–H groups in total. The quantitative estimate of drug-likeness (QED) is 0.608. The lowest BCUT2D eigenvalue weighted by atomic mass is 10.3. The Bertz CT molecular complexity index is 954. The number of piperazine rings is 1. The fourth-order valence-corrected chi connectivity index (χ4v) is 4.85. The molecule has 1 aromatic heterocycles. The van der Waals surface area contributed by atoms with Crippen LogP contribution < -0.4 is 15.0 Å². The highest BCUT2D eigenvalue weighted by Gasteiger charge is 2.30. The molecule has 0 spiro atoms. The average molecular weight is 446 g/mol. The Labute approximate surface area is 184 Å². The van der Waals surface area contributed by atoms with Gasteiger partial charge in [-0.1, -0.05) is 11.3 Å². The minimum absolute atomic E-state index is 0.173. The predicted molar refractivity (Wildman–Crippen MR) is 118 cm³/mol. The molecule has 3 amide bonds. The first kappa shape index (κ1) is 21.5. The number of nitrogens with one attached hydrogen (secondary N) is 1. The average Bonchev–Trinajstić information content (AvgIpc) is 3.32. The van der Waals surface area contributed by atoms with Crippen molar-refractivity contribution in [2.75, 3.05) is 57.3 Å². The summed E-state index contributed by atoms with van der Waals surface area (Å²) in [5.74, 6) is 0.0547. The largest absolute Gasteiger partial charge is 0.494 e. The number of benzene rings is 1. The molecule has 0 bridgehead atoms. The van der Waals surface area contributed by atoms with Crippen molar-refractivity contribution in [1.82, 2.24) is 20.1 Å². The lowest BCUT2D eigenvalue weighted by Gasteiger charge is -2.34. The van der Waals surface area contributed by atoms with Gasteiger partial charge in [0.1, 0.15) is 12.3 Å². The van der Waals surface area contributed by atoms with E-state index < -0.39 is 0 Å². The summed E-state index contributed by atoms with van der Waals surface area (Å²) >= 11 is 1.68. The van der Waals surface area contributed by atoms with Gasteiger partial charge in [-0.25, -0.2) is 4.98 Å². The second-order valence-corrected chi connectivity index (χ2v) is 8.62. The van der Waals surface area contributed by atoms with E-state index in [-0.39, 0.29) is 37.1 Å². The van der Waals surface area contributed by atoms with Crippen molar-refractivity contribution in [3.63, 3.8) is 0 Å². The van der Waals surface area contributed by atoms with Gasteiger partial charge in [0.2, 0.25) is 17.7 Å². The summed E-state index contributed by atoms with van der Waals surface area (Å²) in [6, 6.07) is 6.00. The second-order valence-electron chi connectivity index (χ2n) is 7.61. The van der Waals surface area contributed by atoms with Crippen LogP contribution in [0.1, 0.15) is 19.8 Å². The zero-order valence-electron chi connectivity index (χ0n) is 17.6. The first-order valence-corrected chi connectivity index (χ1v) is 11.5. The fraction of sp³-hybridized carbons (Fsp3) is 0.524. The maximum Gasteiger partial charge on any atom is 0.240 e. The molecular formula is C21H27N5O4S. The summed E-state index contributed by atoms with van der Waals surface area (Å²) in [6.45, 7) is 7.21. The summed E-state index contributed by atoms with van der Waals surface area (Å²) < 4.78 is 6.70. The Kier molecular flexibility index (Phi) is 6.67. The number of ether oxygens (including phenoxy) is 1. The van der Waals surface area contributed by atoms with Gasteiger partial charge in [0, 0.05) is 52.1 Å². The lowest BCUT2D eigenvalue weighted by molar-refractivity contribution is -0.142. The van der Waals surface area contributed by atoms with E-state index in [1.165, 1.54) is 0 Å². The van der Waals surface area contributed by atoms with Crippen LogP contribution in [0.2, 0.25) is 0 Å². The van der Waals surface area contributed by atoms with Crippen molar-refractivity contribution in [2.45, 2.75) is 19.8 Å². The minimum Gasteiger partial charge on any atom is -0.494 e. The number of thiazole rings is 1. The van der Waals surface area contributed by atoms with Crippen molar-refractivity contribution in [3.05, 3.63) is 18.2 Å². The highest BCUT2D eigenvalue weighted by Crippen LogP contribution is 2.31. The molecule has 2 aliphatic heterocycles. The van der Waals surface area contributed by atoms with E-state index in [4.69, 9.17) is 9.72 Å². The molecule has 9 nitrogen and oxygen atoms in total. The third-order valence-corrected chi connectivity index (χ3v) is 6.59. The Morgan fingerprint density at radius 1 is 1.16 bits per heavy atom. The fourth-order valence-electron chi connectivity index (χ4n) is 3.80. The molecule has 10 heteroatoms. The Morgan fingerprint density at radius 3 is 2.61 bits per heavy atom. The lowest BCUT2D eigenvalue weighted by Crippen LogP contribution is -2.49. The molecule has 2 aromatic rings. The van der Waals surface area contributed by atoms with E-state index in [1.54, 1.807) is 11.3 Å². The normalized spacial score (nSPS) is 17.6. The van der Waals surface area contributed by atoms with Crippen LogP contribution >= 0.6 is 11.3 Å². The number of carbonyl (C=O) groups is 3. The molecule has 166 valence electrons. The number of carbonyl (C=O) groups excluding carboxylic acids is 3. The van der Waals surface area contributed by atoms with E-state index in [2.05, 4.69) is 15.1 Å². The molecule has 2 aliphatic rings. The van der Waals surface area contributed by atoms with Gasteiger partial charge in [-0.2, -0.15) is 0 Å². The zero-order chi connectivity index (χ0) is 21.8. The van der Waals surface area contributed by atoms with Gasteiger partial charge in [0.15, 0.2) is 5.13 Å². The van der Waals surface area contributed by atoms with Crippen molar-refractivity contribution < 1.29 is 19.1 Å². The number of nitrogens with zero attached hydrogens (tertiary/aromatic N) is 4. The molecule has 0 aliphatic carbocycles. The predicted octanol–water partition coefficient (Wildman–Crippen LogP) is 1.08. The number of fused-ring (bicyclic) bond motifs is 1. The van der Waals surface area contributed by atoms with E-state index in [0.717, 1.165) is 58.7 Å². The maximum atomic E-state index is 12.0. The molecule has 4 rings (SSSR count). The van der Waals surface area contributed by atoms with Gasteiger partial charge in [0.05, 0.1) is 16.8 Å². The van der Waals surface area contributed by atoms with Gasteiger partial charge in [-0.15, -0.1) is 0 Å². The van der Waals surface area contributed by atoms with Crippen LogP contribution in [0, 0.1) is 0 Å². The standard InChI is InChI=1S/C21H27N5O4S/c1-2-30-15-3-4-16-17(13-15)31-21(23-16)25-11-9-24(10-12-25)8-7-22-18(27)14-26-19(28)5-6-20(26)29/h3-4,13H,2,5-12,14H2,1H3,(H,22,27). The Balaban J connectivity index is 1.21. The summed E-state index contributed by atoms with van der Waals surface area (Å²) in [6.07, 6.45) is 0.414. The number of aromatic nitrogens is 1. The topological polar surface area (TPSA) is 95.1 Å². The molecule has 1 aromatic carbocycles. The zero-order valence-corrected chi connectivity index (χ0v) is 18.4. The molecule has 2 fully saturated rings. The number of amides is 3. The van der Waals surface area contributed by atoms with Gasteiger partial charge in [-0.05, 0) is 25.1 Å². The molecule has 31 heavy (non-hydrogen) atoms. The summed E-state index contributed by atoms with van der Waals surface area (Å²) in [5, 5.41) is 3.84. The first-order chi connectivity index (χ1) is 15.0. The van der Waals surface area contributed by atoms with Crippen LogP contribution in [0.15, 0.2) is 18.2 Å². The number of anilines is 1. The van der Waals surface area contributed by atoms with Crippen LogP contribution in [-0.2, 0) is 14.4 Å². The molecule has 0 radical (unpaired) electrons. The third-order valence-electron chi connectivity index (χ3n) is 5.51. The Morgan fingerprint density at radius 2 is 1.90 bits per heavy atom. The van der Waals surface area contributed by atoms with E-state index in [0.29, 0.717) is 13.2 Å². The molecule has 0 saturated carbocycles. The number of likely N-dealkylation sites (tertiary alicyclic amines) is 1. The summed E-state index contributed by atoms with van der Waals surface area (Å²) in [5.41, 5.74) is 0.989. The van der Waals surface area contributed by atoms with E-state index in [9.17, 15) is 14.4 Å². The van der Waals surface area contributed by atoms with Crippen molar-refractivity contribution in [2.24, 2.45) is 0 Å². The molecule has 2 saturated heterocycles. The highest BCUT2D eigenvalue weighted by molar-refractivity contribution is 7.22. The van der Waals surface area contributed by atoms with Gasteiger partial charge < -0.3 is 15.0 Å². The van der Waals surface area contributed by atoms with Gasteiger partial charge in [-0.3, -0.25) is 24.2 Å². The first-order valence-electron chi connectivity index (χ1n) is 10.6. The summed E-state index contributed by atoms with van der Waals surface area (Å²) in [4.78, 5) is 45.6.